The Morgan fingerprint density at radius 1 is 1.12 bits per heavy atom. The van der Waals surface area contributed by atoms with Gasteiger partial charge in [-0.3, -0.25) is 9.69 Å². The molecule has 0 aromatic carbocycles. The maximum absolute atomic E-state index is 11.4. The molecule has 3 rings (SSSR count). The first-order chi connectivity index (χ1) is 8.34. The lowest BCUT2D eigenvalue weighted by atomic mass is 10.1. The molecule has 0 bridgehead atoms. The van der Waals surface area contributed by atoms with E-state index < -0.39 is 0 Å². The lowest BCUT2D eigenvalue weighted by molar-refractivity contribution is -0.122. The normalized spacial score (nSPS) is 32.7. The Morgan fingerprint density at radius 3 is 2.82 bits per heavy atom. The van der Waals surface area contributed by atoms with Gasteiger partial charge in [0, 0.05) is 37.6 Å². The summed E-state index contributed by atoms with van der Waals surface area (Å²) in [6.45, 7) is 4.27. The summed E-state index contributed by atoms with van der Waals surface area (Å²) in [4.78, 5) is 14.0. The summed E-state index contributed by atoms with van der Waals surface area (Å²) < 4.78 is 0. The minimum atomic E-state index is 0.265. The standard InChI is InChI=1S/C13H23N3O/c17-13(10-3-4-10)15-7-6-14-11-5-9-16-8-1-2-12(11)16/h10-12,14H,1-9H2,(H,15,17). The molecular weight excluding hydrogens is 214 g/mol. The molecule has 2 aliphatic heterocycles. The summed E-state index contributed by atoms with van der Waals surface area (Å²) in [5.74, 6) is 0.604. The number of hydrogen-bond donors (Lipinski definition) is 2. The van der Waals surface area contributed by atoms with Gasteiger partial charge in [0.15, 0.2) is 0 Å². The van der Waals surface area contributed by atoms with Crippen molar-refractivity contribution in [3.8, 4) is 0 Å². The SMILES string of the molecule is O=C(NCCNC1CCN2CCCC12)C1CC1. The Hall–Kier alpha value is -0.610. The molecule has 1 aliphatic carbocycles. The summed E-state index contributed by atoms with van der Waals surface area (Å²) in [5.41, 5.74) is 0. The average molecular weight is 237 g/mol. The summed E-state index contributed by atoms with van der Waals surface area (Å²) in [5, 5.41) is 6.62. The minimum Gasteiger partial charge on any atom is -0.355 e. The Balaban J connectivity index is 1.32. The highest BCUT2D eigenvalue weighted by Gasteiger charge is 2.36. The zero-order valence-electron chi connectivity index (χ0n) is 10.5. The van der Waals surface area contributed by atoms with Crippen LogP contribution in [0.4, 0.5) is 0 Å². The van der Waals surface area contributed by atoms with Crippen LogP contribution in [0.5, 0.6) is 0 Å². The number of nitrogens with one attached hydrogen (secondary N) is 2. The van der Waals surface area contributed by atoms with Crippen molar-refractivity contribution < 1.29 is 4.79 Å². The van der Waals surface area contributed by atoms with Gasteiger partial charge in [0.25, 0.3) is 0 Å². The van der Waals surface area contributed by atoms with Crippen LogP contribution < -0.4 is 10.6 Å². The second kappa shape index (κ2) is 4.94. The molecule has 3 aliphatic rings. The van der Waals surface area contributed by atoms with Gasteiger partial charge >= 0.3 is 0 Å². The van der Waals surface area contributed by atoms with Crippen molar-refractivity contribution in [1.29, 1.82) is 0 Å². The van der Waals surface area contributed by atoms with Crippen LogP contribution in [0.1, 0.15) is 32.1 Å². The van der Waals surface area contributed by atoms with Crippen LogP contribution in [0.15, 0.2) is 0 Å². The molecule has 2 unspecified atom stereocenters. The molecule has 2 heterocycles. The van der Waals surface area contributed by atoms with Crippen molar-refractivity contribution in [2.24, 2.45) is 5.92 Å². The van der Waals surface area contributed by atoms with E-state index in [1.807, 2.05) is 0 Å². The van der Waals surface area contributed by atoms with Crippen LogP contribution >= 0.6 is 0 Å². The zero-order valence-corrected chi connectivity index (χ0v) is 10.5. The van der Waals surface area contributed by atoms with E-state index in [2.05, 4.69) is 15.5 Å². The fraction of sp³-hybridized carbons (Fsp3) is 0.923. The van der Waals surface area contributed by atoms with Gasteiger partial charge in [-0.05, 0) is 38.6 Å². The van der Waals surface area contributed by atoms with Crippen LogP contribution in [0.25, 0.3) is 0 Å². The van der Waals surface area contributed by atoms with Crippen molar-refractivity contribution in [3.05, 3.63) is 0 Å². The van der Waals surface area contributed by atoms with Gasteiger partial charge in [-0.1, -0.05) is 0 Å². The molecule has 1 saturated carbocycles. The zero-order chi connectivity index (χ0) is 11.7. The number of nitrogens with zero attached hydrogens (tertiary/aromatic N) is 1. The molecule has 3 fully saturated rings. The van der Waals surface area contributed by atoms with Crippen LogP contribution in [0.3, 0.4) is 0 Å². The number of amides is 1. The summed E-state index contributed by atoms with van der Waals surface area (Å²) in [7, 11) is 0. The average Bonchev–Trinajstić information content (AvgIpc) is 2.95. The maximum Gasteiger partial charge on any atom is 0.223 e. The van der Waals surface area contributed by atoms with Gasteiger partial charge in [0.2, 0.25) is 5.91 Å². The topological polar surface area (TPSA) is 44.4 Å². The number of hydrogen-bond acceptors (Lipinski definition) is 3. The lowest BCUT2D eigenvalue weighted by Gasteiger charge is -2.21. The summed E-state index contributed by atoms with van der Waals surface area (Å²) in [6.07, 6.45) is 6.19. The van der Waals surface area contributed by atoms with Crippen molar-refractivity contribution in [2.45, 2.75) is 44.2 Å². The molecular formula is C13H23N3O. The summed E-state index contributed by atoms with van der Waals surface area (Å²) in [6, 6.07) is 1.43. The van der Waals surface area contributed by atoms with Crippen molar-refractivity contribution in [1.82, 2.24) is 15.5 Å². The molecule has 4 heteroatoms. The molecule has 2 saturated heterocycles. The van der Waals surface area contributed by atoms with Crippen molar-refractivity contribution in [3.63, 3.8) is 0 Å². The Morgan fingerprint density at radius 2 is 2.00 bits per heavy atom. The predicted molar refractivity (Wildman–Crippen MR) is 66.7 cm³/mol. The number of fused-ring (bicyclic) bond motifs is 1. The van der Waals surface area contributed by atoms with Crippen LogP contribution in [-0.2, 0) is 4.79 Å². The lowest BCUT2D eigenvalue weighted by Crippen LogP contribution is -2.42. The van der Waals surface area contributed by atoms with Gasteiger partial charge in [-0.15, -0.1) is 0 Å². The molecule has 0 aromatic heterocycles. The van der Waals surface area contributed by atoms with E-state index in [0.29, 0.717) is 12.0 Å². The number of carbonyl (C=O) groups excluding carboxylic acids is 1. The fourth-order valence-electron chi connectivity index (χ4n) is 3.25. The Kier molecular flexibility index (Phi) is 3.34. The van der Waals surface area contributed by atoms with E-state index in [4.69, 9.17) is 0 Å². The van der Waals surface area contributed by atoms with E-state index >= 15 is 0 Å². The molecule has 2 N–H and O–H groups in total. The predicted octanol–water partition coefficient (Wildman–Crippen LogP) is 0.339. The first kappa shape index (κ1) is 11.5. The van der Waals surface area contributed by atoms with E-state index in [1.54, 1.807) is 0 Å². The second-order valence-electron chi connectivity index (χ2n) is 5.66. The quantitative estimate of drug-likeness (QED) is 0.678. The van der Waals surface area contributed by atoms with Crippen LogP contribution in [0, 0.1) is 5.92 Å². The van der Waals surface area contributed by atoms with E-state index in [0.717, 1.165) is 32.0 Å². The van der Waals surface area contributed by atoms with Gasteiger partial charge in [-0.2, -0.15) is 0 Å². The summed E-state index contributed by atoms with van der Waals surface area (Å²) >= 11 is 0. The van der Waals surface area contributed by atoms with Crippen LogP contribution in [-0.4, -0.2) is 49.1 Å². The molecule has 17 heavy (non-hydrogen) atoms. The van der Waals surface area contributed by atoms with Gasteiger partial charge in [0.05, 0.1) is 0 Å². The monoisotopic (exact) mass is 237 g/mol. The first-order valence-corrected chi connectivity index (χ1v) is 7.10. The van der Waals surface area contributed by atoms with Gasteiger partial charge < -0.3 is 10.6 Å². The maximum atomic E-state index is 11.4. The molecule has 0 aromatic rings. The van der Waals surface area contributed by atoms with Gasteiger partial charge in [0.1, 0.15) is 0 Å². The van der Waals surface area contributed by atoms with E-state index in [1.165, 1.54) is 32.4 Å². The minimum absolute atomic E-state index is 0.265. The van der Waals surface area contributed by atoms with Crippen molar-refractivity contribution >= 4 is 5.91 Å². The van der Waals surface area contributed by atoms with E-state index in [-0.39, 0.29) is 5.91 Å². The molecule has 1 amide bonds. The molecule has 0 spiro atoms. The van der Waals surface area contributed by atoms with Crippen LogP contribution in [0.2, 0.25) is 0 Å². The second-order valence-corrected chi connectivity index (χ2v) is 5.66. The molecule has 4 nitrogen and oxygen atoms in total. The van der Waals surface area contributed by atoms with Crippen molar-refractivity contribution in [2.75, 3.05) is 26.2 Å². The molecule has 2 atom stereocenters. The molecule has 0 radical (unpaired) electrons. The van der Waals surface area contributed by atoms with E-state index in [9.17, 15) is 4.79 Å². The molecule has 96 valence electrons. The Bertz CT molecular complexity index is 290. The smallest absolute Gasteiger partial charge is 0.223 e. The number of carbonyl (C=O) groups is 1. The van der Waals surface area contributed by atoms with Gasteiger partial charge in [-0.25, -0.2) is 0 Å². The number of rotatable bonds is 5. The third-order valence-corrected chi connectivity index (χ3v) is 4.38. The highest BCUT2D eigenvalue weighted by Crippen LogP contribution is 2.29. The first-order valence-electron chi connectivity index (χ1n) is 7.10. The third-order valence-electron chi connectivity index (χ3n) is 4.38. The highest BCUT2D eigenvalue weighted by atomic mass is 16.2. The largest absolute Gasteiger partial charge is 0.355 e. The Labute approximate surface area is 103 Å². The fourth-order valence-corrected chi connectivity index (χ4v) is 3.25. The highest BCUT2D eigenvalue weighted by molar-refractivity contribution is 5.80. The third kappa shape index (κ3) is 2.63.